The summed E-state index contributed by atoms with van der Waals surface area (Å²) in [6.07, 6.45) is 4.54. The van der Waals surface area contributed by atoms with E-state index in [2.05, 4.69) is 10.5 Å². The molecule has 1 aromatic carbocycles. The van der Waals surface area contributed by atoms with Crippen LogP contribution in [-0.2, 0) is 16.1 Å². The van der Waals surface area contributed by atoms with E-state index in [1.165, 1.54) is 24.3 Å². The standard InChI is InChI=1S/C16H15N3O6/c20-15(21)9-12-3-1-2-4-14(12)17-18-16(22)25-10-11-5-7-13(8-6-11)19(23)24/h1-3,5-8H,4,9-10H2,(H,18,22)(H,20,21)/b17-14-. The predicted octanol–water partition coefficient (Wildman–Crippen LogP) is 2.54. The number of nitro groups is 1. The maximum atomic E-state index is 11.7. The topological polar surface area (TPSA) is 131 Å². The molecule has 1 aromatic rings. The number of nitro benzene ring substituents is 1. The van der Waals surface area contributed by atoms with Crippen molar-refractivity contribution < 1.29 is 24.4 Å². The fraction of sp³-hybridized carbons (Fsp3) is 0.188. The number of carbonyl (C=O) groups excluding carboxylic acids is 1. The van der Waals surface area contributed by atoms with Crippen LogP contribution in [0.4, 0.5) is 10.5 Å². The molecule has 2 N–H and O–H groups in total. The van der Waals surface area contributed by atoms with Crippen LogP contribution in [0.15, 0.2) is 53.2 Å². The van der Waals surface area contributed by atoms with Crippen molar-refractivity contribution in [1.82, 2.24) is 5.43 Å². The number of benzene rings is 1. The second-order valence-electron chi connectivity index (χ2n) is 5.06. The van der Waals surface area contributed by atoms with Gasteiger partial charge in [-0.1, -0.05) is 18.2 Å². The summed E-state index contributed by atoms with van der Waals surface area (Å²) >= 11 is 0. The van der Waals surface area contributed by atoms with Crippen LogP contribution in [0.1, 0.15) is 18.4 Å². The molecule has 0 atom stereocenters. The van der Waals surface area contributed by atoms with E-state index in [9.17, 15) is 19.7 Å². The second kappa shape index (κ2) is 8.39. The van der Waals surface area contributed by atoms with E-state index in [1.54, 1.807) is 18.2 Å². The number of ether oxygens (including phenoxy) is 1. The zero-order valence-electron chi connectivity index (χ0n) is 13.0. The van der Waals surface area contributed by atoms with Crippen molar-refractivity contribution in [3.05, 3.63) is 63.7 Å². The Bertz CT molecular complexity index is 765. The molecular formula is C16H15N3O6. The highest BCUT2D eigenvalue weighted by atomic mass is 16.6. The molecule has 1 aliphatic rings. The predicted molar refractivity (Wildman–Crippen MR) is 87.9 cm³/mol. The number of carbonyl (C=O) groups is 2. The summed E-state index contributed by atoms with van der Waals surface area (Å²) in [4.78, 5) is 32.5. The van der Waals surface area contributed by atoms with Crippen LogP contribution in [0, 0.1) is 10.1 Å². The lowest BCUT2D eigenvalue weighted by molar-refractivity contribution is -0.384. The monoisotopic (exact) mass is 345 g/mol. The number of rotatable bonds is 6. The normalized spacial score (nSPS) is 14.7. The number of amides is 1. The molecule has 0 aromatic heterocycles. The molecule has 0 radical (unpaired) electrons. The highest BCUT2D eigenvalue weighted by Crippen LogP contribution is 2.14. The minimum Gasteiger partial charge on any atom is -0.481 e. The van der Waals surface area contributed by atoms with E-state index in [1.807, 2.05) is 0 Å². The summed E-state index contributed by atoms with van der Waals surface area (Å²) < 4.78 is 4.96. The van der Waals surface area contributed by atoms with Crippen molar-refractivity contribution in [3.8, 4) is 0 Å². The molecule has 130 valence electrons. The smallest absolute Gasteiger partial charge is 0.428 e. The average molecular weight is 345 g/mol. The first-order valence-electron chi connectivity index (χ1n) is 7.26. The molecule has 9 nitrogen and oxygen atoms in total. The van der Waals surface area contributed by atoms with Gasteiger partial charge in [0.05, 0.1) is 17.1 Å². The molecule has 0 bridgehead atoms. The molecule has 1 aliphatic carbocycles. The Balaban J connectivity index is 1.87. The van der Waals surface area contributed by atoms with Gasteiger partial charge in [-0.3, -0.25) is 14.9 Å². The van der Waals surface area contributed by atoms with Gasteiger partial charge in [0, 0.05) is 18.6 Å². The van der Waals surface area contributed by atoms with Gasteiger partial charge in [-0.15, -0.1) is 0 Å². The van der Waals surface area contributed by atoms with E-state index >= 15 is 0 Å². The zero-order chi connectivity index (χ0) is 18.2. The van der Waals surface area contributed by atoms with Crippen LogP contribution in [0.3, 0.4) is 0 Å². The number of hydrogen-bond donors (Lipinski definition) is 2. The fourth-order valence-electron chi connectivity index (χ4n) is 2.04. The first kappa shape index (κ1) is 17.9. The lowest BCUT2D eigenvalue weighted by atomic mass is 10.00. The Morgan fingerprint density at radius 1 is 1.32 bits per heavy atom. The number of allylic oxidation sites excluding steroid dienone is 3. The number of hydrazone groups is 1. The van der Waals surface area contributed by atoms with Crippen molar-refractivity contribution in [1.29, 1.82) is 0 Å². The third-order valence-electron chi connectivity index (χ3n) is 3.26. The van der Waals surface area contributed by atoms with Crippen LogP contribution < -0.4 is 5.43 Å². The van der Waals surface area contributed by atoms with Crippen molar-refractivity contribution in [3.63, 3.8) is 0 Å². The number of non-ortho nitro benzene ring substituents is 1. The van der Waals surface area contributed by atoms with Crippen LogP contribution in [0.5, 0.6) is 0 Å². The SMILES string of the molecule is O=C(O)CC1=CC=CC/C1=N/NC(=O)OCc1ccc([N+](=O)[O-])cc1. The summed E-state index contributed by atoms with van der Waals surface area (Å²) in [5, 5.41) is 23.3. The Hall–Kier alpha value is -3.49. The maximum Gasteiger partial charge on any atom is 0.428 e. The van der Waals surface area contributed by atoms with E-state index in [4.69, 9.17) is 9.84 Å². The summed E-state index contributed by atoms with van der Waals surface area (Å²) in [5.74, 6) is -0.991. The number of hydrogen-bond acceptors (Lipinski definition) is 6. The van der Waals surface area contributed by atoms with Crippen LogP contribution in [-0.4, -0.2) is 27.8 Å². The van der Waals surface area contributed by atoms with Crippen molar-refractivity contribution in [2.24, 2.45) is 5.10 Å². The first-order valence-corrected chi connectivity index (χ1v) is 7.26. The van der Waals surface area contributed by atoms with E-state index in [0.29, 0.717) is 23.3 Å². The van der Waals surface area contributed by atoms with Gasteiger partial charge in [0.2, 0.25) is 0 Å². The number of carboxylic acid groups (broad SMARTS) is 1. The van der Waals surface area contributed by atoms with Crippen molar-refractivity contribution in [2.45, 2.75) is 19.4 Å². The van der Waals surface area contributed by atoms with Gasteiger partial charge in [-0.25, -0.2) is 10.2 Å². The van der Waals surface area contributed by atoms with E-state index < -0.39 is 17.0 Å². The Labute approximate surface area is 142 Å². The number of aliphatic carboxylic acids is 1. The summed E-state index contributed by atoms with van der Waals surface area (Å²) in [7, 11) is 0. The zero-order valence-corrected chi connectivity index (χ0v) is 13.0. The molecule has 9 heteroatoms. The third-order valence-corrected chi connectivity index (χ3v) is 3.26. The van der Waals surface area contributed by atoms with Gasteiger partial charge >= 0.3 is 12.1 Å². The summed E-state index contributed by atoms with van der Waals surface area (Å²) in [6.45, 7) is -0.0770. The molecule has 2 rings (SSSR count). The number of nitrogens with zero attached hydrogens (tertiary/aromatic N) is 2. The Morgan fingerprint density at radius 3 is 2.68 bits per heavy atom. The largest absolute Gasteiger partial charge is 0.481 e. The highest BCUT2D eigenvalue weighted by molar-refractivity contribution is 6.05. The summed E-state index contributed by atoms with van der Waals surface area (Å²) in [5.41, 5.74) is 3.68. The maximum absolute atomic E-state index is 11.7. The molecule has 0 fully saturated rings. The minimum absolute atomic E-state index is 0.0531. The lowest BCUT2D eigenvalue weighted by Crippen LogP contribution is -2.22. The summed E-state index contributed by atoms with van der Waals surface area (Å²) in [6, 6.07) is 5.59. The van der Waals surface area contributed by atoms with Crippen molar-refractivity contribution in [2.75, 3.05) is 0 Å². The quantitative estimate of drug-likeness (QED) is 0.601. The van der Waals surface area contributed by atoms with Gasteiger partial charge in [0.25, 0.3) is 5.69 Å². The second-order valence-corrected chi connectivity index (χ2v) is 5.06. The average Bonchev–Trinajstić information content (AvgIpc) is 2.59. The first-order chi connectivity index (χ1) is 12.0. The molecule has 0 saturated carbocycles. The molecule has 0 saturated heterocycles. The molecule has 0 spiro atoms. The lowest BCUT2D eigenvalue weighted by Gasteiger charge is -2.11. The van der Waals surface area contributed by atoms with Gasteiger partial charge < -0.3 is 9.84 Å². The Kier molecular flexibility index (Phi) is 5.99. The van der Waals surface area contributed by atoms with Gasteiger partial charge in [0.1, 0.15) is 6.61 Å². The molecule has 1 amide bonds. The minimum atomic E-state index is -0.991. The molecular weight excluding hydrogens is 330 g/mol. The molecule has 0 heterocycles. The third kappa shape index (κ3) is 5.57. The van der Waals surface area contributed by atoms with Crippen LogP contribution in [0.2, 0.25) is 0 Å². The van der Waals surface area contributed by atoms with Gasteiger partial charge in [0.15, 0.2) is 0 Å². The molecule has 0 aliphatic heterocycles. The van der Waals surface area contributed by atoms with Gasteiger partial charge in [-0.2, -0.15) is 5.10 Å². The van der Waals surface area contributed by atoms with Gasteiger partial charge in [-0.05, 0) is 23.3 Å². The van der Waals surface area contributed by atoms with Crippen molar-refractivity contribution >= 4 is 23.5 Å². The molecule has 25 heavy (non-hydrogen) atoms. The molecule has 0 unspecified atom stereocenters. The Morgan fingerprint density at radius 2 is 2.04 bits per heavy atom. The number of nitrogens with one attached hydrogen (secondary N) is 1. The van der Waals surface area contributed by atoms with Crippen LogP contribution in [0.25, 0.3) is 0 Å². The number of carboxylic acids is 1. The van der Waals surface area contributed by atoms with E-state index in [0.717, 1.165) is 0 Å². The highest BCUT2D eigenvalue weighted by Gasteiger charge is 2.13. The fourth-order valence-corrected chi connectivity index (χ4v) is 2.04. The van der Waals surface area contributed by atoms with E-state index in [-0.39, 0.29) is 18.7 Å². The van der Waals surface area contributed by atoms with Crippen LogP contribution >= 0.6 is 0 Å².